The lowest BCUT2D eigenvalue weighted by atomic mass is 9.99. The van der Waals surface area contributed by atoms with Gasteiger partial charge in [0.2, 0.25) is 5.49 Å². The van der Waals surface area contributed by atoms with Crippen molar-refractivity contribution in [3.8, 4) is 0 Å². The number of aromatic nitrogens is 3. The summed E-state index contributed by atoms with van der Waals surface area (Å²) < 4.78 is 7.51. The number of fused-ring (bicyclic) bond motifs is 1. The largest absolute Gasteiger partial charge is 0.394 e. The van der Waals surface area contributed by atoms with Crippen LogP contribution in [0.1, 0.15) is 24.8 Å². The fourth-order valence-corrected chi connectivity index (χ4v) is 3.57. The summed E-state index contributed by atoms with van der Waals surface area (Å²) in [4.78, 5) is 12.2. The number of aliphatic hydroxyl groups excluding tert-OH is 3. The molecule has 1 aliphatic rings. The molecule has 30 heavy (non-hydrogen) atoms. The van der Waals surface area contributed by atoms with E-state index in [2.05, 4.69) is 15.1 Å². The first-order valence-electron chi connectivity index (χ1n) is 9.16. The third kappa shape index (κ3) is 4.04. The Hall–Kier alpha value is -2.14. The van der Waals surface area contributed by atoms with Gasteiger partial charge >= 0.3 is 0 Å². The van der Waals surface area contributed by atoms with Gasteiger partial charge in [-0.3, -0.25) is 0 Å². The Morgan fingerprint density at radius 2 is 2.00 bits per heavy atom. The predicted octanol–water partition coefficient (Wildman–Crippen LogP) is 1.64. The first kappa shape index (κ1) is 22.5. The molecule has 3 heterocycles. The van der Waals surface area contributed by atoms with Crippen molar-refractivity contribution in [2.24, 2.45) is 5.16 Å². The SMILES string of the molecule is CCO/N=c1\nc[nH]c2c1ccn2[C@@H]1O[C@H]([C@H](O)c2ccc(Cl)cc2)[C@@H](O)[C@H]1O.Cl. The van der Waals surface area contributed by atoms with E-state index in [1.165, 1.54) is 6.33 Å². The van der Waals surface area contributed by atoms with Gasteiger partial charge in [-0.2, -0.15) is 0 Å². The molecule has 0 amide bonds. The van der Waals surface area contributed by atoms with Crippen molar-refractivity contribution in [1.29, 1.82) is 0 Å². The number of aromatic amines is 1. The molecule has 2 aromatic heterocycles. The van der Waals surface area contributed by atoms with E-state index < -0.39 is 30.6 Å². The Labute approximate surface area is 182 Å². The molecule has 0 spiro atoms. The zero-order valence-corrected chi connectivity index (χ0v) is 17.5. The van der Waals surface area contributed by atoms with Crippen LogP contribution in [0.4, 0.5) is 0 Å². The van der Waals surface area contributed by atoms with Gasteiger partial charge in [-0.1, -0.05) is 28.9 Å². The minimum absolute atomic E-state index is 0. The summed E-state index contributed by atoms with van der Waals surface area (Å²) in [5.41, 5.74) is 1.48. The van der Waals surface area contributed by atoms with Gasteiger partial charge in [0, 0.05) is 11.2 Å². The summed E-state index contributed by atoms with van der Waals surface area (Å²) in [6.45, 7) is 2.22. The van der Waals surface area contributed by atoms with Crippen LogP contribution in [0, 0.1) is 0 Å². The first-order chi connectivity index (χ1) is 14.0. The Kier molecular flexibility index (Phi) is 7.02. The van der Waals surface area contributed by atoms with Crippen molar-refractivity contribution < 1.29 is 24.9 Å². The van der Waals surface area contributed by atoms with Crippen LogP contribution in [-0.2, 0) is 9.57 Å². The molecule has 3 aromatic rings. The van der Waals surface area contributed by atoms with E-state index in [1.54, 1.807) is 41.1 Å². The van der Waals surface area contributed by atoms with E-state index in [4.69, 9.17) is 21.2 Å². The minimum Gasteiger partial charge on any atom is -0.394 e. The maximum atomic E-state index is 10.7. The highest BCUT2D eigenvalue weighted by molar-refractivity contribution is 6.30. The third-order valence-electron chi connectivity index (χ3n) is 4.90. The molecule has 11 heteroatoms. The van der Waals surface area contributed by atoms with Crippen LogP contribution < -0.4 is 5.49 Å². The fourth-order valence-electron chi connectivity index (χ4n) is 3.44. The molecule has 5 atom stereocenters. The number of nitrogens with zero attached hydrogens (tertiary/aromatic N) is 3. The van der Waals surface area contributed by atoms with Gasteiger partial charge in [-0.25, -0.2) is 4.98 Å². The van der Waals surface area contributed by atoms with E-state index >= 15 is 0 Å². The van der Waals surface area contributed by atoms with Crippen molar-refractivity contribution in [2.75, 3.05) is 6.61 Å². The lowest BCUT2D eigenvalue weighted by Gasteiger charge is -2.21. The molecule has 1 fully saturated rings. The van der Waals surface area contributed by atoms with Crippen LogP contribution in [0.2, 0.25) is 5.02 Å². The number of nitrogens with one attached hydrogen (secondary N) is 1. The van der Waals surface area contributed by atoms with Crippen molar-refractivity contribution >= 4 is 35.0 Å². The van der Waals surface area contributed by atoms with E-state index in [0.29, 0.717) is 33.7 Å². The normalized spacial score (nSPS) is 25.3. The number of hydrogen-bond donors (Lipinski definition) is 4. The molecule has 1 aromatic carbocycles. The summed E-state index contributed by atoms with van der Waals surface area (Å²) in [7, 11) is 0. The number of halogens is 2. The fraction of sp³-hybridized carbons (Fsp3) is 0.368. The average molecular weight is 457 g/mol. The number of rotatable bonds is 5. The zero-order valence-electron chi connectivity index (χ0n) is 15.9. The van der Waals surface area contributed by atoms with E-state index in [0.717, 1.165) is 0 Å². The summed E-state index contributed by atoms with van der Waals surface area (Å²) >= 11 is 5.89. The third-order valence-corrected chi connectivity index (χ3v) is 5.15. The Morgan fingerprint density at radius 1 is 1.27 bits per heavy atom. The van der Waals surface area contributed by atoms with Gasteiger partial charge in [0.1, 0.15) is 36.7 Å². The topological polar surface area (TPSA) is 125 Å². The van der Waals surface area contributed by atoms with Gasteiger partial charge < -0.3 is 34.4 Å². The van der Waals surface area contributed by atoms with Crippen molar-refractivity contribution in [3.63, 3.8) is 0 Å². The molecule has 9 nitrogen and oxygen atoms in total. The van der Waals surface area contributed by atoms with Gasteiger partial charge in [0.25, 0.3) is 0 Å². The standard InChI is InChI=1S/C19H21ClN4O5.ClH/c1-2-28-23-17-12-7-8-24(18(12)22-9-21-17)19-15(27)14(26)16(29-19)13(25)10-3-5-11(20)6-4-10;/h3-9,13-16,19,25-27H,2H2,1H3,(H,21,22,23);1H/t13-,14+,15-,16-,19-;/m1./s1. The second-order valence-corrected chi connectivity index (χ2v) is 7.13. The maximum Gasteiger partial charge on any atom is 0.203 e. The molecule has 0 radical (unpaired) electrons. The molecular weight excluding hydrogens is 435 g/mol. The molecule has 0 aliphatic carbocycles. The van der Waals surface area contributed by atoms with Gasteiger partial charge in [-0.15, -0.1) is 12.4 Å². The van der Waals surface area contributed by atoms with Crippen LogP contribution in [0.5, 0.6) is 0 Å². The van der Waals surface area contributed by atoms with Crippen molar-refractivity contribution in [1.82, 2.24) is 14.5 Å². The summed E-state index contributed by atoms with van der Waals surface area (Å²) in [5, 5.41) is 37.0. The van der Waals surface area contributed by atoms with Crippen LogP contribution in [0.25, 0.3) is 11.0 Å². The smallest absolute Gasteiger partial charge is 0.203 e. The van der Waals surface area contributed by atoms with E-state index in [1.807, 2.05) is 6.92 Å². The Morgan fingerprint density at radius 3 is 2.70 bits per heavy atom. The molecule has 0 bridgehead atoms. The highest BCUT2D eigenvalue weighted by Gasteiger charge is 2.47. The number of H-pyrrole nitrogens is 1. The summed E-state index contributed by atoms with van der Waals surface area (Å²) in [6, 6.07) is 8.33. The summed E-state index contributed by atoms with van der Waals surface area (Å²) in [6.07, 6.45) is -2.50. The molecule has 0 unspecified atom stereocenters. The van der Waals surface area contributed by atoms with Gasteiger partial charge in [0.15, 0.2) is 6.23 Å². The summed E-state index contributed by atoms with van der Waals surface area (Å²) in [5.74, 6) is 0. The number of aliphatic hydroxyl groups is 3. The quantitative estimate of drug-likeness (QED) is 0.432. The molecule has 1 aliphatic heterocycles. The number of ether oxygens (including phenoxy) is 1. The second kappa shape index (κ2) is 9.34. The predicted molar refractivity (Wildman–Crippen MR) is 111 cm³/mol. The van der Waals surface area contributed by atoms with Crippen LogP contribution in [-0.4, -0.2) is 54.8 Å². The maximum absolute atomic E-state index is 10.7. The minimum atomic E-state index is -1.29. The van der Waals surface area contributed by atoms with Crippen molar-refractivity contribution in [3.05, 3.63) is 58.9 Å². The first-order valence-corrected chi connectivity index (χ1v) is 9.54. The highest BCUT2D eigenvalue weighted by Crippen LogP contribution is 2.37. The van der Waals surface area contributed by atoms with E-state index in [-0.39, 0.29) is 12.4 Å². The molecular formula is C19H22Cl2N4O5. The highest BCUT2D eigenvalue weighted by atomic mass is 35.5. The van der Waals surface area contributed by atoms with Crippen LogP contribution in [0.15, 0.2) is 48.0 Å². The lowest BCUT2D eigenvalue weighted by molar-refractivity contribution is -0.0848. The number of hydrogen-bond acceptors (Lipinski definition) is 7. The van der Waals surface area contributed by atoms with E-state index in [9.17, 15) is 15.3 Å². The second-order valence-electron chi connectivity index (χ2n) is 6.69. The molecule has 1 saturated heterocycles. The Bertz CT molecular complexity index is 1060. The van der Waals surface area contributed by atoms with Gasteiger partial charge in [-0.05, 0) is 30.7 Å². The lowest BCUT2D eigenvalue weighted by Crippen LogP contribution is -2.34. The monoisotopic (exact) mass is 456 g/mol. The Balaban J connectivity index is 0.00000256. The molecule has 4 N–H and O–H groups in total. The average Bonchev–Trinajstić information content (AvgIpc) is 3.28. The van der Waals surface area contributed by atoms with Crippen LogP contribution in [0.3, 0.4) is 0 Å². The van der Waals surface area contributed by atoms with Crippen molar-refractivity contribution in [2.45, 2.75) is 37.6 Å². The van der Waals surface area contributed by atoms with Gasteiger partial charge in [0.05, 0.1) is 11.7 Å². The van der Waals surface area contributed by atoms with Crippen LogP contribution >= 0.6 is 24.0 Å². The zero-order chi connectivity index (χ0) is 20.5. The molecule has 162 valence electrons. The molecule has 4 rings (SSSR count). The molecule has 0 saturated carbocycles. The number of benzene rings is 1.